The third-order valence-corrected chi connectivity index (χ3v) is 2.12. The van der Waals surface area contributed by atoms with Gasteiger partial charge in [0.15, 0.2) is 0 Å². The van der Waals surface area contributed by atoms with Gasteiger partial charge in [-0.25, -0.2) is 0 Å². The molecular formula is C13H16N2O. The van der Waals surface area contributed by atoms with Crippen LogP contribution >= 0.6 is 0 Å². The zero-order valence-electron chi connectivity index (χ0n) is 9.44. The van der Waals surface area contributed by atoms with E-state index in [-0.39, 0.29) is 6.04 Å². The maximum Gasteiger partial charge on any atom is 0.121 e. The molecule has 1 unspecified atom stereocenters. The van der Waals surface area contributed by atoms with E-state index in [2.05, 4.69) is 18.0 Å². The first-order valence-corrected chi connectivity index (χ1v) is 5.28. The van der Waals surface area contributed by atoms with Gasteiger partial charge in [0.1, 0.15) is 11.8 Å². The number of hydrogen-bond acceptors (Lipinski definition) is 3. The van der Waals surface area contributed by atoms with Gasteiger partial charge < -0.3 is 4.74 Å². The SMILES string of the molecule is C=CCNC(C#N)c1ccc(OCC)cc1. The van der Waals surface area contributed by atoms with Crippen molar-refractivity contribution in [1.82, 2.24) is 5.32 Å². The number of nitrogens with zero attached hydrogens (tertiary/aromatic N) is 1. The average Bonchev–Trinajstić information content (AvgIpc) is 2.32. The molecule has 0 saturated heterocycles. The van der Waals surface area contributed by atoms with Crippen molar-refractivity contribution < 1.29 is 4.74 Å². The summed E-state index contributed by atoms with van der Waals surface area (Å²) in [6.07, 6.45) is 1.74. The summed E-state index contributed by atoms with van der Waals surface area (Å²) in [5.74, 6) is 0.826. The van der Waals surface area contributed by atoms with Crippen molar-refractivity contribution in [3.05, 3.63) is 42.5 Å². The van der Waals surface area contributed by atoms with E-state index in [1.54, 1.807) is 6.08 Å². The molecule has 1 rings (SSSR count). The Labute approximate surface area is 96.4 Å². The van der Waals surface area contributed by atoms with Gasteiger partial charge in [0.05, 0.1) is 12.7 Å². The molecule has 16 heavy (non-hydrogen) atoms. The largest absolute Gasteiger partial charge is 0.494 e. The maximum atomic E-state index is 9.00. The molecular weight excluding hydrogens is 200 g/mol. The Bertz CT molecular complexity index is 365. The van der Waals surface area contributed by atoms with E-state index in [4.69, 9.17) is 10.00 Å². The Morgan fingerprint density at radius 1 is 1.50 bits per heavy atom. The maximum absolute atomic E-state index is 9.00. The normalized spacial score (nSPS) is 11.5. The minimum absolute atomic E-state index is 0.298. The van der Waals surface area contributed by atoms with Crippen LogP contribution in [-0.4, -0.2) is 13.2 Å². The molecule has 3 nitrogen and oxygen atoms in total. The highest BCUT2D eigenvalue weighted by Crippen LogP contribution is 2.17. The van der Waals surface area contributed by atoms with Crippen LogP contribution in [0.1, 0.15) is 18.5 Å². The summed E-state index contributed by atoms with van der Waals surface area (Å²) < 4.78 is 5.34. The van der Waals surface area contributed by atoms with Crippen molar-refractivity contribution in [3.8, 4) is 11.8 Å². The van der Waals surface area contributed by atoms with Crippen LogP contribution in [0.2, 0.25) is 0 Å². The number of benzene rings is 1. The van der Waals surface area contributed by atoms with Crippen LogP contribution < -0.4 is 10.1 Å². The van der Waals surface area contributed by atoms with Crippen LogP contribution in [0, 0.1) is 11.3 Å². The fraction of sp³-hybridized carbons (Fsp3) is 0.308. The van der Waals surface area contributed by atoms with Gasteiger partial charge in [-0.3, -0.25) is 5.32 Å². The molecule has 0 spiro atoms. The van der Waals surface area contributed by atoms with Gasteiger partial charge in [-0.2, -0.15) is 5.26 Å². The highest BCUT2D eigenvalue weighted by Gasteiger charge is 2.08. The standard InChI is InChI=1S/C13H16N2O/c1-3-9-15-13(10-14)11-5-7-12(8-6-11)16-4-2/h3,5-8,13,15H,1,4,9H2,2H3. The predicted octanol–water partition coefficient (Wildman–Crippen LogP) is 2.43. The summed E-state index contributed by atoms with van der Waals surface area (Å²) in [5, 5.41) is 12.1. The fourth-order valence-electron chi connectivity index (χ4n) is 1.36. The molecule has 1 N–H and O–H groups in total. The van der Waals surface area contributed by atoms with Crippen molar-refractivity contribution in [2.45, 2.75) is 13.0 Å². The number of nitrogens with one attached hydrogen (secondary N) is 1. The molecule has 1 aromatic rings. The van der Waals surface area contributed by atoms with Gasteiger partial charge in [-0.05, 0) is 24.6 Å². The molecule has 1 aromatic carbocycles. The van der Waals surface area contributed by atoms with Gasteiger partial charge in [0.2, 0.25) is 0 Å². The number of hydrogen-bond donors (Lipinski definition) is 1. The summed E-state index contributed by atoms with van der Waals surface area (Å²) in [5.41, 5.74) is 0.938. The monoisotopic (exact) mass is 216 g/mol. The second-order valence-electron chi connectivity index (χ2n) is 3.26. The number of ether oxygens (including phenoxy) is 1. The van der Waals surface area contributed by atoms with Gasteiger partial charge in [0.25, 0.3) is 0 Å². The molecule has 0 aliphatic rings. The Morgan fingerprint density at radius 2 is 2.19 bits per heavy atom. The molecule has 0 aliphatic heterocycles. The van der Waals surface area contributed by atoms with Crippen LogP contribution in [0.25, 0.3) is 0 Å². The molecule has 3 heteroatoms. The minimum atomic E-state index is -0.298. The lowest BCUT2D eigenvalue weighted by atomic mass is 10.1. The zero-order valence-corrected chi connectivity index (χ0v) is 9.44. The summed E-state index contributed by atoms with van der Waals surface area (Å²) in [7, 11) is 0. The molecule has 0 bridgehead atoms. The van der Waals surface area contributed by atoms with E-state index in [9.17, 15) is 0 Å². The molecule has 0 saturated carbocycles. The van der Waals surface area contributed by atoms with E-state index in [1.807, 2.05) is 31.2 Å². The molecule has 84 valence electrons. The molecule has 0 aliphatic carbocycles. The predicted molar refractivity (Wildman–Crippen MR) is 64.2 cm³/mol. The fourth-order valence-corrected chi connectivity index (χ4v) is 1.36. The second-order valence-corrected chi connectivity index (χ2v) is 3.26. The average molecular weight is 216 g/mol. The van der Waals surface area contributed by atoms with Crippen molar-refractivity contribution in [2.24, 2.45) is 0 Å². The molecule has 0 fully saturated rings. The quantitative estimate of drug-likeness (QED) is 0.743. The molecule has 0 radical (unpaired) electrons. The summed E-state index contributed by atoms with van der Waals surface area (Å²) in [4.78, 5) is 0. The lowest BCUT2D eigenvalue weighted by Gasteiger charge is -2.11. The zero-order chi connectivity index (χ0) is 11.8. The van der Waals surface area contributed by atoms with Crippen molar-refractivity contribution in [1.29, 1.82) is 5.26 Å². The van der Waals surface area contributed by atoms with E-state index in [1.165, 1.54) is 0 Å². The Balaban J connectivity index is 2.71. The highest BCUT2D eigenvalue weighted by atomic mass is 16.5. The van der Waals surface area contributed by atoms with E-state index >= 15 is 0 Å². The van der Waals surface area contributed by atoms with E-state index < -0.39 is 0 Å². The lowest BCUT2D eigenvalue weighted by Crippen LogP contribution is -2.19. The van der Waals surface area contributed by atoms with Gasteiger partial charge >= 0.3 is 0 Å². The number of nitriles is 1. The van der Waals surface area contributed by atoms with Gasteiger partial charge in [-0.15, -0.1) is 6.58 Å². The van der Waals surface area contributed by atoms with Crippen LogP contribution in [0.5, 0.6) is 5.75 Å². The molecule has 0 aromatic heterocycles. The van der Waals surface area contributed by atoms with Crippen molar-refractivity contribution in [3.63, 3.8) is 0 Å². The smallest absolute Gasteiger partial charge is 0.121 e. The van der Waals surface area contributed by atoms with Crippen LogP contribution in [0.3, 0.4) is 0 Å². The Kier molecular flexibility index (Phi) is 5.10. The second kappa shape index (κ2) is 6.65. The van der Waals surface area contributed by atoms with Crippen molar-refractivity contribution >= 4 is 0 Å². The molecule has 0 amide bonds. The Morgan fingerprint density at radius 3 is 2.69 bits per heavy atom. The van der Waals surface area contributed by atoms with Gasteiger partial charge in [0, 0.05) is 6.54 Å². The van der Waals surface area contributed by atoms with E-state index in [0.29, 0.717) is 13.2 Å². The Hall–Kier alpha value is -1.79. The molecule has 1 atom stereocenters. The number of rotatable bonds is 6. The van der Waals surface area contributed by atoms with Crippen LogP contribution in [0.4, 0.5) is 0 Å². The first-order valence-electron chi connectivity index (χ1n) is 5.28. The topological polar surface area (TPSA) is 45.0 Å². The van der Waals surface area contributed by atoms with Gasteiger partial charge in [-0.1, -0.05) is 18.2 Å². The lowest BCUT2D eigenvalue weighted by molar-refractivity contribution is 0.340. The van der Waals surface area contributed by atoms with E-state index in [0.717, 1.165) is 11.3 Å². The van der Waals surface area contributed by atoms with Crippen molar-refractivity contribution in [2.75, 3.05) is 13.2 Å². The summed E-state index contributed by atoms with van der Waals surface area (Å²) in [6, 6.07) is 9.45. The minimum Gasteiger partial charge on any atom is -0.494 e. The molecule has 0 heterocycles. The first kappa shape index (κ1) is 12.3. The highest BCUT2D eigenvalue weighted by molar-refractivity contribution is 5.31. The summed E-state index contributed by atoms with van der Waals surface area (Å²) >= 11 is 0. The third kappa shape index (κ3) is 3.41. The van der Waals surface area contributed by atoms with Crippen LogP contribution in [-0.2, 0) is 0 Å². The van der Waals surface area contributed by atoms with Crippen LogP contribution in [0.15, 0.2) is 36.9 Å². The third-order valence-electron chi connectivity index (χ3n) is 2.12. The first-order chi connectivity index (χ1) is 7.81. The summed E-state index contributed by atoms with van der Waals surface area (Å²) in [6.45, 7) is 6.81.